The molecule has 0 amide bonds. The molecule has 0 atom stereocenters. The molecule has 0 aliphatic heterocycles. The number of benzene rings is 3. The summed E-state index contributed by atoms with van der Waals surface area (Å²) in [6, 6.07) is 24.9. The highest BCUT2D eigenvalue weighted by atomic mass is 28.3. The highest BCUT2D eigenvalue weighted by Gasteiger charge is 2.22. The fraction of sp³-hybridized carbons (Fsp3) is 0.185. The fourth-order valence-electron chi connectivity index (χ4n) is 4.10. The van der Waals surface area contributed by atoms with E-state index in [1.54, 1.807) is 0 Å². The molecule has 0 spiro atoms. The van der Waals surface area contributed by atoms with Gasteiger partial charge in [-0.1, -0.05) is 97.3 Å². The molecule has 0 bridgehead atoms. The Hall–Kier alpha value is -2.84. The van der Waals surface area contributed by atoms with Crippen LogP contribution in [-0.2, 0) is 0 Å². The predicted octanol–water partition coefficient (Wildman–Crippen LogP) is 7.19. The lowest BCUT2D eigenvalue weighted by atomic mass is 10.1. The monoisotopic (exact) mass is 395 g/mol. The van der Waals surface area contributed by atoms with Crippen molar-refractivity contribution >= 4 is 47.2 Å². The van der Waals surface area contributed by atoms with Crippen molar-refractivity contribution in [2.45, 2.75) is 33.0 Å². The fourth-order valence-corrected chi connectivity index (χ4v) is 5.93. The SMILES string of the molecule is C=Cc1ccc(/C=C/[Si](C)(C)c2ccc3c(c2)c2ccccc2n3C(C)C)cc1. The van der Waals surface area contributed by atoms with Crippen LogP contribution in [0.2, 0.25) is 13.1 Å². The van der Waals surface area contributed by atoms with Gasteiger partial charge in [0.05, 0.1) is 0 Å². The largest absolute Gasteiger partial charge is 0.338 e. The molecule has 2 heteroatoms. The lowest BCUT2D eigenvalue weighted by molar-refractivity contribution is 0.642. The summed E-state index contributed by atoms with van der Waals surface area (Å²) >= 11 is 0. The zero-order chi connectivity index (χ0) is 20.6. The van der Waals surface area contributed by atoms with Crippen molar-refractivity contribution in [3.8, 4) is 0 Å². The maximum absolute atomic E-state index is 3.83. The molecule has 4 rings (SSSR count). The maximum Gasteiger partial charge on any atom is 0.104 e. The maximum atomic E-state index is 3.83. The number of rotatable bonds is 5. The first-order chi connectivity index (χ1) is 13.9. The first kappa shape index (κ1) is 19.5. The summed E-state index contributed by atoms with van der Waals surface area (Å²) in [6.07, 6.45) is 4.16. The molecule has 3 aromatic carbocycles. The van der Waals surface area contributed by atoms with Crippen molar-refractivity contribution in [2.75, 3.05) is 0 Å². The van der Waals surface area contributed by atoms with Crippen molar-refractivity contribution in [1.29, 1.82) is 0 Å². The van der Waals surface area contributed by atoms with Crippen LogP contribution < -0.4 is 5.19 Å². The van der Waals surface area contributed by atoms with Crippen molar-refractivity contribution in [1.82, 2.24) is 4.57 Å². The standard InChI is InChI=1S/C27H29NSi/c1-6-21-11-13-22(14-12-21)17-18-29(4,5)23-15-16-27-25(19-23)24-9-7-8-10-26(24)28(27)20(2)3/h6-20H,1H2,2-5H3/b18-17+. The third kappa shape index (κ3) is 3.61. The minimum Gasteiger partial charge on any atom is -0.338 e. The summed E-state index contributed by atoms with van der Waals surface area (Å²) in [5.74, 6) is 0. The zero-order valence-corrected chi connectivity index (χ0v) is 18.8. The van der Waals surface area contributed by atoms with Crippen LogP contribution in [0.1, 0.15) is 31.0 Å². The van der Waals surface area contributed by atoms with Crippen molar-refractivity contribution in [3.05, 3.63) is 90.1 Å². The highest BCUT2D eigenvalue weighted by molar-refractivity contribution is 6.94. The zero-order valence-electron chi connectivity index (χ0n) is 17.8. The normalized spacial score (nSPS) is 12.4. The minimum absolute atomic E-state index is 0.437. The van der Waals surface area contributed by atoms with E-state index in [9.17, 15) is 0 Å². The van der Waals surface area contributed by atoms with E-state index in [-0.39, 0.29) is 0 Å². The summed E-state index contributed by atoms with van der Waals surface area (Å²) in [4.78, 5) is 0. The molecule has 0 saturated carbocycles. The van der Waals surface area contributed by atoms with E-state index in [4.69, 9.17) is 0 Å². The number of fused-ring (bicyclic) bond motifs is 3. The van der Waals surface area contributed by atoms with Gasteiger partial charge in [-0.2, -0.15) is 0 Å². The number of aromatic nitrogens is 1. The Morgan fingerprint density at radius 3 is 2.17 bits per heavy atom. The van der Waals surface area contributed by atoms with E-state index < -0.39 is 8.07 Å². The average molecular weight is 396 g/mol. The minimum atomic E-state index is -1.72. The van der Waals surface area contributed by atoms with Gasteiger partial charge in [0.2, 0.25) is 0 Å². The topological polar surface area (TPSA) is 4.93 Å². The third-order valence-corrected chi connectivity index (χ3v) is 8.63. The van der Waals surface area contributed by atoms with E-state index in [1.165, 1.54) is 32.6 Å². The molecule has 1 aromatic heterocycles. The van der Waals surface area contributed by atoms with Gasteiger partial charge in [0.25, 0.3) is 0 Å². The Morgan fingerprint density at radius 2 is 1.48 bits per heavy atom. The molecule has 29 heavy (non-hydrogen) atoms. The average Bonchev–Trinajstić information content (AvgIpc) is 3.06. The van der Waals surface area contributed by atoms with Crippen LogP contribution in [0, 0.1) is 0 Å². The Kier molecular flexibility index (Phi) is 5.06. The van der Waals surface area contributed by atoms with E-state index >= 15 is 0 Å². The van der Waals surface area contributed by atoms with Crippen molar-refractivity contribution < 1.29 is 0 Å². The predicted molar refractivity (Wildman–Crippen MR) is 133 cm³/mol. The Labute approximate surface area is 175 Å². The van der Waals surface area contributed by atoms with Gasteiger partial charge < -0.3 is 4.57 Å². The van der Waals surface area contributed by atoms with Gasteiger partial charge in [-0.15, -0.1) is 0 Å². The number of para-hydroxylation sites is 1. The van der Waals surface area contributed by atoms with Crippen LogP contribution in [-0.4, -0.2) is 12.6 Å². The lowest BCUT2D eigenvalue weighted by Gasteiger charge is -2.19. The molecule has 0 saturated heterocycles. The molecular formula is C27H29NSi. The second-order valence-corrected chi connectivity index (χ2v) is 13.0. The summed E-state index contributed by atoms with van der Waals surface area (Å²) < 4.78 is 2.46. The van der Waals surface area contributed by atoms with Crippen LogP contribution in [0.3, 0.4) is 0 Å². The summed E-state index contributed by atoms with van der Waals surface area (Å²) in [6.45, 7) is 13.2. The van der Waals surface area contributed by atoms with Gasteiger partial charge >= 0.3 is 0 Å². The second-order valence-electron chi connectivity index (χ2n) is 8.64. The van der Waals surface area contributed by atoms with Gasteiger partial charge in [-0.3, -0.25) is 0 Å². The summed E-state index contributed by atoms with van der Waals surface area (Å²) in [5, 5.41) is 4.19. The molecule has 146 valence electrons. The number of nitrogens with zero attached hydrogens (tertiary/aromatic N) is 1. The van der Waals surface area contributed by atoms with Crippen LogP contribution in [0.25, 0.3) is 34.0 Å². The van der Waals surface area contributed by atoms with E-state index in [2.05, 4.69) is 117 Å². The lowest BCUT2D eigenvalue weighted by Crippen LogP contribution is -2.39. The summed E-state index contributed by atoms with van der Waals surface area (Å²) in [7, 11) is -1.72. The van der Waals surface area contributed by atoms with Gasteiger partial charge in [0.1, 0.15) is 8.07 Å². The molecule has 4 aromatic rings. The van der Waals surface area contributed by atoms with Crippen LogP contribution >= 0.6 is 0 Å². The Balaban J connectivity index is 1.77. The second kappa shape index (κ2) is 7.53. The smallest absolute Gasteiger partial charge is 0.104 e. The first-order valence-corrected chi connectivity index (χ1v) is 13.4. The molecule has 0 N–H and O–H groups in total. The van der Waals surface area contributed by atoms with Crippen LogP contribution in [0.15, 0.2) is 79.0 Å². The Bertz CT molecular complexity index is 1210. The van der Waals surface area contributed by atoms with E-state index in [0.29, 0.717) is 6.04 Å². The molecule has 0 fully saturated rings. The molecule has 0 aliphatic carbocycles. The van der Waals surface area contributed by atoms with Crippen LogP contribution in [0.4, 0.5) is 0 Å². The summed E-state index contributed by atoms with van der Waals surface area (Å²) in [5.41, 5.74) is 7.50. The highest BCUT2D eigenvalue weighted by Crippen LogP contribution is 2.31. The Morgan fingerprint density at radius 1 is 0.828 bits per heavy atom. The third-order valence-electron chi connectivity index (χ3n) is 5.83. The molecule has 0 aliphatic rings. The van der Waals surface area contributed by atoms with Gasteiger partial charge in [-0.05, 0) is 37.1 Å². The molecule has 0 unspecified atom stereocenters. The van der Waals surface area contributed by atoms with E-state index in [1.807, 2.05) is 6.08 Å². The van der Waals surface area contributed by atoms with Crippen LogP contribution in [0.5, 0.6) is 0 Å². The molecule has 1 heterocycles. The van der Waals surface area contributed by atoms with Gasteiger partial charge in [0.15, 0.2) is 0 Å². The van der Waals surface area contributed by atoms with E-state index in [0.717, 1.165) is 5.56 Å². The molecular weight excluding hydrogens is 366 g/mol. The van der Waals surface area contributed by atoms with Crippen molar-refractivity contribution in [3.63, 3.8) is 0 Å². The van der Waals surface area contributed by atoms with Crippen molar-refractivity contribution in [2.24, 2.45) is 0 Å². The number of hydrogen-bond donors (Lipinski definition) is 0. The molecule has 1 nitrogen and oxygen atoms in total. The quantitative estimate of drug-likeness (QED) is 0.315. The van der Waals surface area contributed by atoms with Gasteiger partial charge in [-0.25, -0.2) is 0 Å². The number of hydrogen-bond acceptors (Lipinski definition) is 0. The first-order valence-electron chi connectivity index (χ1n) is 10.4. The molecule has 0 radical (unpaired) electrons. The van der Waals surface area contributed by atoms with Gasteiger partial charge in [0, 0.05) is 27.8 Å².